The van der Waals surface area contributed by atoms with Crippen molar-refractivity contribution in [3.63, 3.8) is 0 Å². The monoisotopic (exact) mass is 304 g/mol. The van der Waals surface area contributed by atoms with Crippen molar-refractivity contribution < 1.29 is 9.59 Å². The Balaban J connectivity index is 1.68. The average Bonchev–Trinajstić information content (AvgIpc) is 3.22. The maximum absolute atomic E-state index is 13.0. The molecule has 0 spiro atoms. The highest BCUT2D eigenvalue weighted by Gasteiger charge is 2.59. The molecule has 114 valence electrons. The molecule has 2 heterocycles. The summed E-state index contributed by atoms with van der Waals surface area (Å²) in [6.07, 6.45) is 6.92. The van der Waals surface area contributed by atoms with Crippen molar-refractivity contribution in [2.24, 2.45) is 23.7 Å². The highest BCUT2D eigenvalue weighted by Crippen LogP contribution is 2.53. The number of pyridine rings is 1. The molecule has 4 heteroatoms. The molecular formula is C19H16N2O2. The van der Waals surface area contributed by atoms with Gasteiger partial charge in [-0.3, -0.25) is 14.6 Å². The molecular weight excluding hydrogens is 288 g/mol. The second-order valence-electron chi connectivity index (χ2n) is 6.81. The first-order chi connectivity index (χ1) is 11.2. The van der Waals surface area contributed by atoms with Crippen LogP contribution in [-0.2, 0) is 9.59 Å². The van der Waals surface area contributed by atoms with E-state index in [4.69, 9.17) is 0 Å². The number of fused-ring (bicyclic) bond motifs is 6. The van der Waals surface area contributed by atoms with Gasteiger partial charge in [-0.15, -0.1) is 0 Å². The van der Waals surface area contributed by atoms with E-state index in [-0.39, 0.29) is 35.5 Å². The number of aryl methyl sites for hydroxylation is 1. The van der Waals surface area contributed by atoms with Gasteiger partial charge in [0.1, 0.15) is 0 Å². The summed E-state index contributed by atoms with van der Waals surface area (Å²) in [5, 5.41) is 0.990. The molecule has 2 aliphatic carbocycles. The first-order valence-corrected chi connectivity index (χ1v) is 8.07. The molecule has 4 nitrogen and oxygen atoms in total. The molecule has 23 heavy (non-hydrogen) atoms. The van der Waals surface area contributed by atoms with Crippen LogP contribution >= 0.6 is 0 Å². The summed E-state index contributed by atoms with van der Waals surface area (Å²) in [4.78, 5) is 31.8. The maximum atomic E-state index is 13.0. The summed E-state index contributed by atoms with van der Waals surface area (Å²) in [5.74, 6) is 0.0303. The van der Waals surface area contributed by atoms with Gasteiger partial charge in [0.2, 0.25) is 11.8 Å². The van der Waals surface area contributed by atoms with E-state index < -0.39 is 0 Å². The van der Waals surface area contributed by atoms with Crippen LogP contribution in [0.25, 0.3) is 10.9 Å². The first kappa shape index (κ1) is 13.0. The van der Waals surface area contributed by atoms with E-state index in [1.807, 2.05) is 31.2 Å². The van der Waals surface area contributed by atoms with Gasteiger partial charge in [-0.05, 0) is 42.9 Å². The highest BCUT2D eigenvalue weighted by molar-refractivity contribution is 6.25. The minimum atomic E-state index is -0.169. The zero-order chi connectivity index (χ0) is 15.7. The van der Waals surface area contributed by atoms with E-state index in [0.717, 1.165) is 22.9 Å². The molecule has 0 unspecified atom stereocenters. The molecule has 4 atom stereocenters. The van der Waals surface area contributed by atoms with Gasteiger partial charge in [0.05, 0.1) is 23.0 Å². The van der Waals surface area contributed by atoms with E-state index >= 15 is 0 Å². The van der Waals surface area contributed by atoms with Crippen LogP contribution in [0.5, 0.6) is 0 Å². The summed E-state index contributed by atoms with van der Waals surface area (Å²) < 4.78 is 0. The number of aromatic nitrogens is 1. The average molecular weight is 304 g/mol. The highest BCUT2D eigenvalue weighted by atomic mass is 16.2. The number of hydrogen-bond donors (Lipinski definition) is 0. The molecule has 1 saturated heterocycles. The number of amides is 2. The number of imide groups is 1. The van der Waals surface area contributed by atoms with Crippen molar-refractivity contribution in [1.29, 1.82) is 0 Å². The molecule has 2 bridgehead atoms. The predicted octanol–water partition coefficient (Wildman–Crippen LogP) is 2.85. The number of allylic oxidation sites excluding steroid dienone is 2. The van der Waals surface area contributed by atoms with Crippen LogP contribution in [0.15, 0.2) is 42.6 Å². The summed E-state index contributed by atoms with van der Waals surface area (Å²) in [6.45, 7) is 2.01. The van der Waals surface area contributed by atoms with Crippen LogP contribution < -0.4 is 4.90 Å². The fraction of sp³-hybridized carbons (Fsp3) is 0.316. The number of benzene rings is 1. The van der Waals surface area contributed by atoms with Gasteiger partial charge in [0.25, 0.3) is 0 Å². The van der Waals surface area contributed by atoms with Gasteiger partial charge in [-0.2, -0.15) is 0 Å². The van der Waals surface area contributed by atoms with Crippen LogP contribution in [-0.4, -0.2) is 16.8 Å². The number of carbonyl (C=O) groups excluding carboxylic acids is 2. The lowest BCUT2D eigenvalue weighted by molar-refractivity contribution is -0.123. The van der Waals surface area contributed by atoms with Crippen molar-refractivity contribution in [3.8, 4) is 0 Å². The molecule has 1 aromatic carbocycles. The van der Waals surface area contributed by atoms with Crippen LogP contribution in [0, 0.1) is 30.6 Å². The lowest BCUT2D eigenvalue weighted by atomic mass is 9.85. The van der Waals surface area contributed by atoms with Gasteiger partial charge in [-0.1, -0.05) is 24.3 Å². The van der Waals surface area contributed by atoms with E-state index in [0.29, 0.717) is 5.69 Å². The third-order valence-electron chi connectivity index (χ3n) is 5.68. The number of carbonyl (C=O) groups is 2. The molecule has 5 rings (SSSR count). The van der Waals surface area contributed by atoms with Crippen LogP contribution in [0.2, 0.25) is 0 Å². The Labute approximate surface area is 133 Å². The molecule has 1 aliphatic heterocycles. The van der Waals surface area contributed by atoms with Gasteiger partial charge < -0.3 is 0 Å². The Morgan fingerprint density at radius 2 is 1.74 bits per heavy atom. The quantitative estimate of drug-likeness (QED) is 0.601. The first-order valence-electron chi connectivity index (χ1n) is 8.07. The Morgan fingerprint density at radius 3 is 2.43 bits per heavy atom. The summed E-state index contributed by atoms with van der Waals surface area (Å²) in [6, 6.07) is 7.66. The fourth-order valence-electron chi connectivity index (χ4n) is 4.62. The number of anilines is 1. The number of nitrogens with zero attached hydrogens (tertiary/aromatic N) is 2. The standard InChI is InChI=1S/C19H16N2O2/c1-10-7-8-20-17-13(10)3-2-4-14(17)21-18(22)15-11-5-6-12(9-11)16(15)19(21)23/h2-8,11-12,15-16H,9H2,1H3/t11-,12+,15+,16-. The third kappa shape index (κ3) is 1.53. The van der Waals surface area contributed by atoms with Crippen molar-refractivity contribution in [3.05, 3.63) is 48.2 Å². The zero-order valence-electron chi connectivity index (χ0n) is 12.8. The molecule has 0 radical (unpaired) electrons. The number of rotatable bonds is 1. The van der Waals surface area contributed by atoms with E-state index in [9.17, 15) is 9.59 Å². The fourth-order valence-corrected chi connectivity index (χ4v) is 4.62. The minimum Gasteiger partial charge on any atom is -0.274 e. The minimum absolute atomic E-state index is 0.0485. The summed E-state index contributed by atoms with van der Waals surface area (Å²) >= 11 is 0. The Morgan fingerprint density at radius 1 is 1.04 bits per heavy atom. The van der Waals surface area contributed by atoms with Gasteiger partial charge >= 0.3 is 0 Å². The SMILES string of the molecule is Cc1ccnc2c(N3C(=O)[C@@H]4[C@H](C3=O)[C@H]3C=C[C@@H]4C3)cccc12. The summed E-state index contributed by atoms with van der Waals surface area (Å²) in [7, 11) is 0. The number of para-hydroxylation sites is 1. The molecule has 0 N–H and O–H groups in total. The van der Waals surface area contributed by atoms with E-state index in [2.05, 4.69) is 17.1 Å². The van der Waals surface area contributed by atoms with Crippen molar-refractivity contribution in [1.82, 2.24) is 4.98 Å². The lowest BCUT2D eigenvalue weighted by Crippen LogP contribution is -2.33. The van der Waals surface area contributed by atoms with Crippen LogP contribution in [0.4, 0.5) is 5.69 Å². The third-order valence-corrected chi connectivity index (χ3v) is 5.68. The normalized spacial score (nSPS) is 31.4. The van der Waals surface area contributed by atoms with Crippen molar-refractivity contribution in [2.75, 3.05) is 4.90 Å². The van der Waals surface area contributed by atoms with Gasteiger partial charge in [0.15, 0.2) is 0 Å². The van der Waals surface area contributed by atoms with Crippen LogP contribution in [0.3, 0.4) is 0 Å². The molecule has 2 aromatic rings. The van der Waals surface area contributed by atoms with E-state index in [1.165, 1.54) is 4.90 Å². The summed E-state index contributed by atoms with van der Waals surface area (Å²) in [5.41, 5.74) is 2.46. The molecule has 2 amide bonds. The smallest absolute Gasteiger partial charge is 0.238 e. The molecule has 2 fully saturated rings. The largest absolute Gasteiger partial charge is 0.274 e. The van der Waals surface area contributed by atoms with Crippen LogP contribution in [0.1, 0.15) is 12.0 Å². The van der Waals surface area contributed by atoms with E-state index in [1.54, 1.807) is 6.20 Å². The Kier molecular flexibility index (Phi) is 2.42. The van der Waals surface area contributed by atoms with Crippen molar-refractivity contribution >= 4 is 28.4 Å². The molecule has 3 aliphatic rings. The van der Waals surface area contributed by atoms with Crippen molar-refractivity contribution in [2.45, 2.75) is 13.3 Å². The molecule has 1 aromatic heterocycles. The predicted molar refractivity (Wildman–Crippen MR) is 86.7 cm³/mol. The maximum Gasteiger partial charge on any atom is 0.238 e. The topological polar surface area (TPSA) is 50.3 Å². The van der Waals surface area contributed by atoms with Gasteiger partial charge in [-0.25, -0.2) is 4.90 Å². The second-order valence-corrected chi connectivity index (χ2v) is 6.81. The molecule has 1 saturated carbocycles. The number of hydrogen-bond acceptors (Lipinski definition) is 3. The second kappa shape index (κ2) is 4.28. The van der Waals surface area contributed by atoms with Gasteiger partial charge in [0, 0.05) is 11.6 Å². The lowest BCUT2D eigenvalue weighted by Gasteiger charge is -2.19. The Bertz CT molecular complexity index is 871. The Hall–Kier alpha value is -2.49. The zero-order valence-corrected chi connectivity index (χ0v) is 12.8.